The van der Waals surface area contributed by atoms with E-state index in [1.54, 1.807) is 24.3 Å². The van der Waals surface area contributed by atoms with Crippen molar-refractivity contribution in [3.63, 3.8) is 0 Å². The summed E-state index contributed by atoms with van der Waals surface area (Å²) in [5.74, 6) is -1.34. The minimum atomic E-state index is -3.79. The highest BCUT2D eigenvalue weighted by Gasteiger charge is 2.45. The maximum absolute atomic E-state index is 13.4. The van der Waals surface area contributed by atoms with Gasteiger partial charge in [-0.2, -0.15) is 0 Å². The first kappa shape index (κ1) is 30.0. The maximum Gasteiger partial charge on any atom is 0.295 e. The Bertz CT molecular complexity index is 1530. The van der Waals surface area contributed by atoms with Gasteiger partial charge in [-0.1, -0.05) is 54.6 Å². The van der Waals surface area contributed by atoms with E-state index in [4.69, 9.17) is 4.74 Å². The number of hydrogen-bond acceptors (Lipinski definition) is 7. The molecule has 1 heterocycles. The van der Waals surface area contributed by atoms with Gasteiger partial charge in [-0.15, -0.1) is 0 Å². The number of amides is 1. The van der Waals surface area contributed by atoms with Gasteiger partial charge in [0, 0.05) is 26.2 Å². The number of carbonyl (C=O) groups is 2. The van der Waals surface area contributed by atoms with Crippen molar-refractivity contribution < 1.29 is 27.9 Å². The second-order valence-electron chi connectivity index (χ2n) is 10.3. The summed E-state index contributed by atoms with van der Waals surface area (Å²) < 4.78 is 32.4. The lowest BCUT2D eigenvalue weighted by Gasteiger charge is -2.26. The van der Waals surface area contributed by atoms with Crippen molar-refractivity contribution >= 4 is 27.5 Å². The van der Waals surface area contributed by atoms with E-state index < -0.39 is 33.5 Å². The van der Waals surface area contributed by atoms with Gasteiger partial charge in [0.25, 0.3) is 11.7 Å². The molecule has 9 nitrogen and oxygen atoms in total. The lowest BCUT2D eigenvalue weighted by molar-refractivity contribution is -0.139. The maximum atomic E-state index is 13.4. The van der Waals surface area contributed by atoms with Crippen LogP contribution < -0.4 is 4.74 Å². The highest BCUT2D eigenvalue weighted by Crippen LogP contribution is 2.40. The van der Waals surface area contributed by atoms with Crippen molar-refractivity contribution in [1.82, 2.24) is 14.1 Å². The van der Waals surface area contributed by atoms with Crippen molar-refractivity contribution in [2.45, 2.75) is 24.0 Å². The number of likely N-dealkylation sites (tertiary alicyclic amines) is 1. The molecule has 1 atom stereocenters. The number of aliphatic hydroxyl groups excluding tert-OH is 1. The van der Waals surface area contributed by atoms with E-state index >= 15 is 0 Å². The molecule has 0 aromatic heterocycles. The van der Waals surface area contributed by atoms with E-state index in [0.29, 0.717) is 37.4 Å². The zero-order chi connectivity index (χ0) is 29.7. The number of sulfonamides is 1. The molecule has 3 aromatic carbocycles. The van der Waals surface area contributed by atoms with Crippen LogP contribution in [-0.2, 0) is 26.2 Å². The molecule has 0 bridgehead atoms. The molecule has 0 aliphatic carbocycles. The number of Topliss-reactive ketones (excluding diaryl/α,β-unsaturated/α-hetero) is 1. The number of aliphatic hydroxyl groups is 1. The summed E-state index contributed by atoms with van der Waals surface area (Å²) in [5.41, 5.74) is 1.69. The molecule has 1 aliphatic heterocycles. The first-order chi connectivity index (χ1) is 19.5. The Morgan fingerprint density at radius 2 is 1.61 bits per heavy atom. The van der Waals surface area contributed by atoms with E-state index in [9.17, 15) is 23.1 Å². The van der Waals surface area contributed by atoms with Gasteiger partial charge in [0.1, 0.15) is 18.1 Å². The summed E-state index contributed by atoms with van der Waals surface area (Å²) in [5, 5.41) is 11.4. The fourth-order valence-electron chi connectivity index (χ4n) is 4.67. The van der Waals surface area contributed by atoms with E-state index in [-0.39, 0.29) is 16.0 Å². The summed E-state index contributed by atoms with van der Waals surface area (Å²) in [4.78, 5) is 30.0. The van der Waals surface area contributed by atoms with Crippen molar-refractivity contribution in [2.24, 2.45) is 0 Å². The normalized spacial score (nSPS) is 17.0. The molecule has 3 aromatic rings. The predicted molar refractivity (Wildman–Crippen MR) is 157 cm³/mol. The third-order valence-electron chi connectivity index (χ3n) is 6.87. The monoisotopic (exact) mass is 577 g/mol. The van der Waals surface area contributed by atoms with Crippen molar-refractivity contribution in [3.05, 3.63) is 101 Å². The molecule has 41 heavy (non-hydrogen) atoms. The molecule has 0 unspecified atom stereocenters. The van der Waals surface area contributed by atoms with E-state index in [2.05, 4.69) is 0 Å². The standard InChI is InChI=1S/C31H35N3O6S/c1-32(2)18-9-19-34-28(23-14-16-25(17-15-23)40-21-22-10-6-5-7-11-22)27(30(36)31(34)37)29(35)24-12-8-13-26(20-24)41(38,39)33(3)4/h5-8,10-17,20,28,35H,9,18-19,21H2,1-4H3/t28-/m0/s1. The number of ether oxygens (including phenoxy) is 1. The first-order valence-electron chi connectivity index (χ1n) is 13.2. The van der Waals surface area contributed by atoms with Gasteiger partial charge < -0.3 is 19.6 Å². The van der Waals surface area contributed by atoms with Crippen LogP contribution in [0.2, 0.25) is 0 Å². The van der Waals surface area contributed by atoms with Gasteiger partial charge in [-0.25, -0.2) is 12.7 Å². The lowest BCUT2D eigenvalue weighted by atomic mass is 9.95. The van der Waals surface area contributed by atoms with Gasteiger partial charge in [0.15, 0.2) is 0 Å². The summed E-state index contributed by atoms with van der Waals surface area (Å²) >= 11 is 0. The highest BCUT2D eigenvalue weighted by atomic mass is 32.2. The molecule has 0 radical (unpaired) electrons. The summed E-state index contributed by atoms with van der Waals surface area (Å²) in [6.45, 7) is 1.38. The summed E-state index contributed by atoms with van der Waals surface area (Å²) in [6, 6.07) is 21.7. The molecule has 0 spiro atoms. The topological polar surface area (TPSA) is 107 Å². The molecule has 1 amide bonds. The quantitative estimate of drug-likeness (QED) is 0.209. The van der Waals surface area contributed by atoms with E-state index in [1.807, 2.05) is 49.3 Å². The van der Waals surface area contributed by atoms with Gasteiger partial charge in [-0.3, -0.25) is 9.59 Å². The lowest BCUT2D eigenvalue weighted by Crippen LogP contribution is -2.32. The van der Waals surface area contributed by atoms with Crippen molar-refractivity contribution in [3.8, 4) is 5.75 Å². The molecule has 1 N–H and O–H groups in total. The van der Waals surface area contributed by atoms with Crippen LogP contribution >= 0.6 is 0 Å². The Morgan fingerprint density at radius 1 is 0.927 bits per heavy atom. The first-order valence-corrected chi connectivity index (χ1v) is 14.7. The third kappa shape index (κ3) is 6.67. The fraction of sp³-hybridized carbons (Fsp3) is 0.290. The zero-order valence-corrected chi connectivity index (χ0v) is 24.5. The average Bonchev–Trinajstić information content (AvgIpc) is 3.21. The summed E-state index contributed by atoms with van der Waals surface area (Å²) in [7, 11) is 2.88. The van der Waals surface area contributed by atoms with Gasteiger partial charge in [0.05, 0.1) is 16.5 Å². The number of carbonyl (C=O) groups excluding carboxylic acids is 2. The molecule has 0 saturated carbocycles. The SMILES string of the molecule is CN(C)CCCN1C(=O)C(=O)C(=C(O)c2cccc(S(=O)(=O)N(C)C)c2)[C@@H]1c1ccc(OCc2ccccc2)cc1. The molecule has 1 aliphatic rings. The van der Waals surface area contributed by atoms with Crippen LogP contribution in [0.3, 0.4) is 0 Å². The van der Waals surface area contributed by atoms with Gasteiger partial charge in [-0.05, 0) is 62.5 Å². The Labute approximate surface area is 241 Å². The fourth-order valence-corrected chi connectivity index (χ4v) is 5.62. The van der Waals surface area contributed by atoms with Crippen molar-refractivity contribution in [1.29, 1.82) is 0 Å². The highest BCUT2D eigenvalue weighted by molar-refractivity contribution is 7.89. The van der Waals surface area contributed by atoms with Crippen LogP contribution in [0.25, 0.3) is 5.76 Å². The zero-order valence-electron chi connectivity index (χ0n) is 23.6. The Hall–Kier alpha value is -3.99. The van der Waals surface area contributed by atoms with Crippen molar-refractivity contribution in [2.75, 3.05) is 41.3 Å². The predicted octanol–water partition coefficient (Wildman–Crippen LogP) is 3.89. The third-order valence-corrected chi connectivity index (χ3v) is 8.69. The van der Waals surface area contributed by atoms with Crippen LogP contribution in [0.1, 0.15) is 29.2 Å². The van der Waals surface area contributed by atoms with Crippen LogP contribution in [0.15, 0.2) is 89.3 Å². The minimum absolute atomic E-state index is 0.0387. The molecule has 216 valence electrons. The second kappa shape index (κ2) is 12.7. The van der Waals surface area contributed by atoms with E-state index in [0.717, 1.165) is 9.87 Å². The smallest absolute Gasteiger partial charge is 0.295 e. The largest absolute Gasteiger partial charge is 0.507 e. The number of hydrogen-bond donors (Lipinski definition) is 1. The summed E-state index contributed by atoms with van der Waals surface area (Å²) in [6.07, 6.45) is 0.616. The molecular weight excluding hydrogens is 542 g/mol. The minimum Gasteiger partial charge on any atom is -0.507 e. The number of ketones is 1. The van der Waals surface area contributed by atoms with Gasteiger partial charge in [0.2, 0.25) is 10.0 Å². The van der Waals surface area contributed by atoms with Crippen LogP contribution in [0.4, 0.5) is 0 Å². The Balaban J connectivity index is 1.72. The molecule has 1 fully saturated rings. The Kier molecular flexibility index (Phi) is 9.27. The number of rotatable bonds is 11. The average molecular weight is 578 g/mol. The molecule has 10 heteroatoms. The van der Waals surface area contributed by atoms with Gasteiger partial charge >= 0.3 is 0 Å². The number of benzene rings is 3. The van der Waals surface area contributed by atoms with Crippen LogP contribution in [0.5, 0.6) is 5.75 Å². The van der Waals surface area contributed by atoms with Crippen LogP contribution in [-0.4, -0.2) is 80.6 Å². The van der Waals surface area contributed by atoms with E-state index in [1.165, 1.54) is 43.3 Å². The number of nitrogens with zero attached hydrogens (tertiary/aromatic N) is 3. The van der Waals surface area contributed by atoms with Crippen LogP contribution in [0, 0.1) is 0 Å². The molecule has 4 rings (SSSR count). The second-order valence-corrected chi connectivity index (χ2v) is 12.5. The molecular formula is C31H35N3O6S. The molecule has 1 saturated heterocycles. The Morgan fingerprint density at radius 3 is 2.24 bits per heavy atom.